The molecule has 0 amide bonds. The lowest BCUT2D eigenvalue weighted by Crippen LogP contribution is -1.94. The molecule has 0 saturated heterocycles. The predicted octanol–water partition coefficient (Wildman–Crippen LogP) is 3.14. The number of rotatable bonds is 2. The molecule has 1 N–H and O–H groups in total. The highest BCUT2D eigenvalue weighted by atomic mass is 19.1. The molecule has 0 unspecified atom stereocenters. The van der Waals surface area contributed by atoms with Crippen LogP contribution in [-0.4, -0.2) is 12.2 Å². The minimum absolute atomic E-state index is 0.269. The zero-order valence-corrected chi connectivity index (χ0v) is 9.47. The molecule has 0 spiro atoms. The first-order valence-corrected chi connectivity index (χ1v) is 5.04. The third kappa shape index (κ3) is 1.66. The molecule has 0 fully saturated rings. The number of hydrogen-bond donors (Lipinski definition) is 1. The highest BCUT2D eigenvalue weighted by Gasteiger charge is 2.15. The molecule has 3 nitrogen and oxygen atoms in total. The first-order valence-electron chi connectivity index (χ1n) is 5.04. The van der Waals surface area contributed by atoms with E-state index in [0.29, 0.717) is 5.76 Å². The fourth-order valence-corrected chi connectivity index (χ4v) is 1.81. The minimum atomic E-state index is -0.269. The van der Waals surface area contributed by atoms with Gasteiger partial charge in [0.25, 0.3) is 0 Å². The Morgan fingerprint density at radius 1 is 1.31 bits per heavy atom. The molecule has 0 radical (unpaired) electrons. The topological polar surface area (TPSA) is 38.1 Å². The molecular formula is C12H13FN2O. The van der Waals surface area contributed by atoms with E-state index < -0.39 is 0 Å². The van der Waals surface area contributed by atoms with Crippen LogP contribution in [0.25, 0.3) is 11.1 Å². The number of halogens is 1. The zero-order chi connectivity index (χ0) is 11.7. The molecule has 0 saturated carbocycles. The Morgan fingerprint density at radius 3 is 2.62 bits per heavy atom. The van der Waals surface area contributed by atoms with E-state index in [-0.39, 0.29) is 5.82 Å². The molecule has 0 bridgehead atoms. The summed E-state index contributed by atoms with van der Waals surface area (Å²) in [6, 6.07) is 4.61. The van der Waals surface area contributed by atoms with E-state index in [4.69, 9.17) is 4.52 Å². The van der Waals surface area contributed by atoms with Crippen LogP contribution in [0.3, 0.4) is 0 Å². The monoisotopic (exact) mass is 220 g/mol. The smallest absolute Gasteiger partial charge is 0.141 e. The summed E-state index contributed by atoms with van der Waals surface area (Å²) >= 11 is 0. The van der Waals surface area contributed by atoms with Gasteiger partial charge in [0.15, 0.2) is 0 Å². The van der Waals surface area contributed by atoms with Gasteiger partial charge in [-0.1, -0.05) is 5.16 Å². The van der Waals surface area contributed by atoms with Crippen molar-refractivity contribution in [2.75, 3.05) is 12.4 Å². The summed E-state index contributed by atoms with van der Waals surface area (Å²) in [7, 11) is 1.80. The summed E-state index contributed by atoms with van der Waals surface area (Å²) in [4.78, 5) is 0. The number of nitrogens with zero attached hydrogens (tertiary/aromatic N) is 1. The first kappa shape index (κ1) is 10.7. The Bertz CT molecular complexity index is 500. The molecule has 2 rings (SSSR count). The van der Waals surface area contributed by atoms with E-state index in [1.807, 2.05) is 13.8 Å². The minimum Gasteiger partial charge on any atom is -0.388 e. The van der Waals surface area contributed by atoms with Crippen LogP contribution in [0.5, 0.6) is 0 Å². The van der Waals surface area contributed by atoms with Crippen molar-refractivity contribution in [3.05, 3.63) is 35.5 Å². The van der Waals surface area contributed by atoms with Crippen molar-refractivity contribution in [3.63, 3.8) is 0 Å². The number of nitrogens with one attached hydrogen (secondary N) is 1. The lowest BCUT2D eigenvalue weighted by molar-refractivity contribution is 0.393. The number of benzene rings is 1. The molecular weight excluding hydrogens is 207 g/mol. The van der Waals surface area contributed by atoms with Gasteiger partial charge in [-0.25, -0.2) is 4.39 Å². The Hall–Kier alpha value is -1.84. The first-order chi connectivity index (χ1) is 7.63. The molecule has 0 aliphatic carbocycles. The predicted molar refractivity (Wildman–Crippen MR) is 60.9 cm³/mol. The summed E-state index contributed by atoms with van der Waals surface area (Å²) in [5.41, 5.74) is 3.25. The molecule has 0 aliphatic rings. The van der Waals surface area contributed by atoms with Crippen LogP contribution in [0.1, 0.15) is 11.5 Å². The van der Waals surface area contributed by atoms with Crippen LogP contribution in [0, 0.1) is 19.7 Å². The molecule has 1 heterocycles. The maximum atomic E-state index is 13.3. The number of anilines is 1. The largest absolute Gasteiger partial charge is 0.388 e. The number of aromatic nitrogens is 1. The van der Waals surface area contributed by atoms with Crippen LogP contribution < -0.4 is 5.32 Å². The van der Waals surface area contributed by atoms with Crippen molar-refractivity contribution < 1.29 is 8.91 Å². The average molecular weight is 220 g/mol. The molecule has 0 atom stereocenters. The third-order valence-electron chi connectivity index (χ3n) is 2.55. The Kier molecular flexibility index (Phi) is 2.64. The van der Waals surface area contributed by atoms with Gasteiger partial charge in [0.1, 0.15) is 11.6 Å². The third-order valence-corrected chi connectivity index (χ3v) is 2.55. The second kappa shape index (κ2) is 3.96. The van der Waals surface area contributed by atoms with Gasteiger partial charge in [0.05, 0.1) is 5.69 Å². The standard InChI is InChI=1S/C12H13FN2O/c1-7-12(8(2)16-15-7)10-6-9(13)4-5-11(10)14-3/h4-6,14H,1-3H3. The fourth-order valence-electron chi connectivity index (χ4n) is 1.81. The highest BCUT2D eigenvalue weighted by Crippen LogP contribution is 2.33. The highest BCUT2D eigenvalue weighted by molar-refractivity contribution is 5.80. The van der Waals surface area contributed by atoms with Crippen molar-refractivity contribution in [2.45, 2.75) is 13.8 Å². The zero-order valence-electron chi connectivity index (χ0n) is 9.47. The maximum Gasteiger partial charge on any atom is 0.141 e. The average Bonchev–Trinajstić information content (AvgIpc) is 2.58. The molecule has 2 aromatic rings. The van der Waals surface area contributed by atoms with Gasteiger partial charge in [-0.3, -0.25) is 0 Å². The van der Waals surface area contributed by atoms with E-state index in [1.165, 1.54) is 12.1 Å². The Labute approximate surface area is 93.3 Å². The summed E-state index contributed by atoms with van der Waals surface area (Å²) < 4.78 is 18.3. The Balaban J connectivity index is 2.67. The van der Waals surface area contributed by atoms with Crippen molar-refractivity contribution in [2.24, 2.45) is 0 Å². The SMILES string of the molecule is CNc1ccc(F)cc1-c1c(C)noc1C. The van der Waals surface area contributed by atoms with Crippen molar-refractivity contribution in [1.29, 1.82) is 0 Å². The summed E-state index contributed by atoms with van der Waals surface area (Å²) in [5.74, 6) is 0.425. The quantitative estimate of drug-likeness (QED) is 0.844. The van der Waals surface area contributed by atoms with E-state index in [2.05, 4.69) is 10.5 Å². The summed E-state index contributed by atoms with van der Waals surface area (Å²) in [5, 5.41) is 6.90. The molecule has 0 aliphatic heterocycles. The van der Waals surface area contributed by atoms with Crippen LogP contribution in [0.2, 0.25) is 0 Å². The molecule has 1 aromatic heterocycles. The molecule has 16 heavy (non-hydrogen) atoms. The van der Waals surface area contributed by atoms with Crippen molar-refractivity contribution in [3.8, 4) is 11.1 Å². The van der Waals surface area contributed by atoms with Gasteiger partial charge < -0.3 is 9.84 Å². The van der Waals surface area contributed by atoms with Crippen LogP contribution in [-0.2, 0) is 0 Å². The van der Waals surface area contributed by atoms with E-state index in [1.54, 1.807) is 13.1 Å². The summed E-state index contributed by atoms with van der Waals surface area (Å²) in [6.07, 6.45) is 0. The van der Waals surface area contributed by atoms with E-state index >= 15 is 0 Å². The van der Waals surface area contributed by atoms with Gasteiger partial charge in [0, 0.05) is 23.9 Å². The second-order valence-corrected chi connectivity index (χ2v) is 3.64. The lowest BCUT2D eigenvalue weighted by atomic mass is 10.0. The van der Waals surface area contributed by atoms with Crippen LogP contribution in [0.4, 0.5) is 10.1 Å². The van der Waals surface area contributed by atoms with Gasteiger partial charge >= 0.3 is 0 Å². The molecule has 1 aromatic carbocycles. The molecule has 4 heteroatoms. The lowest BCUT2D eigenvalue weighted by Gasteiger charge is -2.08. The molecule has 84 valence electrons. The van der Waals surface area contributed by atoms with Gasteiger partial charge in [-0.15, -0.1) is 0 Å². The maximum absolute atomic E-state index is 13.3. The van der Waals surface area contributed by atoms with E-state index in [9.17, 15) is 4.39 Å². The second-order valence-electron chi connectivity index (χ2n) is 3.64. The number of hydrogen-bond acceptors (Lipinski definition) is 3. The Morgan fingerprint density at radius 2 is 2.06 bits per heavy atom. The van der Waals surface area contributed by atoms with Gasteiger partial charge in [-0.05, 0) is 32.0 Å². The van der Waals surface area contributed by atoms with Crippen molar-refractivity contribution in [1.82, 2.24) is 5.16 Å². The van der Waals surface area contributed by atoms with Gasteiger partial charge in [-0.2, -0.15) is 0 Å². The van der Waals surface area contributed by atoms with Gasteiger partial charge in [0.2, 0.25) is 0 Å². The van der Waals surface area contributed by atoms with Crippen molar-refractivity contribution >= 4 is 5.69 Å². The number of aryl methyl sites for hydroxylation is 2. The summed E-state index contributed by atoms with van der Waals surface area (Å²) in [6.45, 7) is 3.66. The fraction of sp³-hybridized carbons (Fsp3) is 0.250. The van der Waals surface area contributed by atoms with Crippen LogP contribution in [0.15, 0.2) is 22.7 Å². The van der Waals surface area contributed by atoms with E-state index in [0.717, 1.165) is 22.5 Å². The normalized spacial score (nSPS) is 10.5. The van der Waals surface area contributed by atoms with Crippen LogP contribution >= 0.6 is 0 Å².